The second-order valence-electron chi connectivity index (χ2n) is 5.09. The third kappa shape index (κ3) is 3.19. The second kappa shape index (κ2) is 6.14. The third-order valence-corrected chi connectivity index (χ3v) is 3.78. The minimum Gasteiger partial charge on any atom is -0.399 e. The molecule has 6 heteroatoms. The molecule has 1 amide bonds. The van der Waals surface area contributed by atoms with E-state index in [0.29, 0.717) is 22.1 Å². The largest absolute Gasteiger partial charge is 0.399 e. The van der Waals surface area contributed by atoms with Gasteiger partial charge in [-0.25, -0.2) is 0 Å². The molecule has 1 heterocycles. The van der Waals surface area contributed by atoms with Gasteiger partial charge in [0, 0.05) is 24.4 Å². The first kappa shape index (κ1) is 15.1. The van der Waals surface area contributed by atoms with Crippen LogP contribution in [0.5, 0.6) is 0 Å². The van der Waals surface area contributed by atoms with Crippen molar-refractivity contribution >= 4 is 29.0 Å². The van der Waals surface area contributed by atoms with E-state index in [4.69, 9.17) is 17.3 Å². The molecular weight excluding hydrogens is 312 g/mol. The Balaban J connectivity index is 1.86. The van der Waals surface area contributed by atoms with Crippen LogP contribution in [0.2, 0.25) is 5.02 Å². The van der Waals surface area contributed by atoms with Crippen molar-refractivity contribution in [3.8, 4) is 11.3 Å². The van der Waals surface area contributed by atoms with E-state index in [1.54, 1.807) is 42.1 Å². The first-order valence-corrected chi connectivity index (χ1v) is 7.38. The average Bonchev–Trinajstić information content (AvgIpc) is 2.89. The summed E-state index contributed by atoms with van der Waals surface area (Å²) in [6.45, 7) is 0. The van der Waals surface area contributed by atoms with Gasteiger partial charge in [0.05, 0.1) is 16.3 Å². The highest BCUT2D eigenvalue weighted by Crippen LogP contribution is 2.23. The Hall–Kier alpha value is -2.79. The number of carbonyl (C=O) groups is 1. The third-order valence-electron chi connectivity index (χ3n) is 3.45. The Bertz CT molecular complexity index is 855. The summed E-state index contributed by atoms with van der Waals surface area (Å²) in [6, 6.07) is 16.1. The van der Waals surface area contributed by atoms with Crippen molar-refractivity contribution < 1.29 is 4.79 Å². The molecule has 3 aromatic rings. The molecular formula is C17H15ClN4O. The van der Waals surface area contributed by atoms with Gasteiger partial charge in [0.2, 0.25) is 0 Å². The van der Waals surface area contributed by atoms with Crippen LogP contribution in [0.25, 0.3) is 11.3 Å². The number of halogens is 1. The smallest absolute Gasteiger partial charge is 0.258 e. The quantitative estimate of drug-likeness (QED) is 0.723. The van der Waals surface area contributed by atoms with Gasteiger partial charge in [0.1, 0.15) is 5.82 Å². The lowest BCUT2D eigenvalue weighted by atomic mass is 10.1. The summed E-state index contributed by atoms with van der Waals surface area (Å²) >= 11 is 6.05. The van der Waals surface area contributed by atoms with Gasteiger partial charge in [-0.2, -0.15) is 5.10 Å². The fourth-order valence-electron chi connectivity index (χ4n) is 2.21. The predicted molar refractivity (Wildman–Crippen MR) is 92.5 cm³/mol. The Morgan fingerprint density at radius 3 is 2.57 bits per heavy atom. The normalized spacial score (nSPS) is 10.5. The van der Waals surface area contributed by atoms with Gasteiger partial charge < -0.3 is 11.1 Å². The Labute approximate surface area is 138 Å². The molecule has 0 saturated carbocycles. The van der Waals surface area contributed by atoms with Gasteiger partial charge in [0.25, 0.3) is 5.91 Å². The van der Waals surface area contributed by atoms with E-state index in [1.165, 1.54) is 0 Å². The van der Waals surface area contributed by atoms with Crippen LogP contribution in [0.1, 0.15) is 10.4 Å². The van der Waals surface area contributed by atoms with Gasteiger partial charge in [-0.05, 0) is 24.3 Å². The van der Waals surface area contributed by atoms with Crippen LogP contribution in [0.3, 0.4) is 0 Å². The molecule has 23 heavy (non-hydrogen) atoms. The summed E-state index contributed by atoms with van der Waals surface area (Å²) in [4.78, 5) is 12.3. The van der Waals surface area contributed by atoms with E-state index in [0.717, 1.165) is 11.3 Å². The van der Waals surface area contributed by atoms with Gasteiger partial charge >= 0.3 is 0 Å². The van der Waals surface area contributed by atoms with E-state index in [1.807, 2.05) is 24.3 Å². The molecule has 116 valence electrons. The summed E-state index contributed by atoms with van der Waals surface area (Å²) in [5, 5.41) is 7.64. The second-order valence-corrected chi connectivity index (χ2v) is 5.50. The monoisotopic (exact) mass is 326 g/mol. The van der Waals surface area contributed by atoms with Crippen molar-refractivity contribution in [1.82, 2.24) is 9.78 Å². The van der Waals surface area contributed by atoms with Gasteiger partial charge in [-0.1, -0.05) is 35.9 Å². The molecule has 0 aliphatic rings. The van der Waals surface area contributed by atoms with Gasteiger partial charge in [0.15, 0.2) is 0 Å². The highest BCUT2D eigenvalue weighted by Gasteiger charge is 2.13. The maximum Gasteiger partial charge on any atom is 0.258 e. The molecule has 0 radical (unpaired) electrons. The van der Waals surface area contributed by atoms with Crippen LogP contribution in [0, 0.1) is 0 Å². The molecule has 0 aliphatic heterocycles. The number of aromatic nitrogens is 2. The van der Waals surface area contributed by atoms with Crippen LogP contribution in [0.4, 0.5) is 11.5 Å². The molecule has 3 N–H and O–H groups in total. The number of anilines is 2. The first-order valence-electron chi connectivity index (χ1n) is 7.00. The summed E-state index contributed by atoms with van der Waals surface area (Å²) in [7, 11) is 1.77. The number of amides is 1. The Morgan fingerprint density at radius 2 is 1.87 bits per heavy atom. The van der Waals surface area contributed by atoms with Gasteiger partial charge in [-0.3, -0.25) is 9.48 Å². The number of nitrogens with zero attached hydrogens (tertiary/aromatic N) is 2. The lowest BCUT2D eigenvalue weighted by Crippen LogP contribution is -2.14. The number of nitrogens with one attached hydrogen (secondary N) is 1. The highest BCUT2D eigenvalue weighted by atomic mass is 35.5. The standard InChI is InChI=1S/C17H15ClN4O/c1-22-16(20-17(23)13-4-2-3-5-14(13)18)10-15(21-22)11-6-8-12(19)9-7-11/h2-10H,19H2,1H3,(H,20,23). The van der Waals surface area contributed by atoms with Crippen molar-refractivity contribution in [2.75, 3.05) is 11.1 Å². The average molecular weight is 327 g/mol. The SMILES string of the molecule is Cn1nc(-c2ccc(N)cc2)cc1NC(=O)c1ccccc1Cl. The van der Waals surface area contributed by atoms with Crippen LogP contribution >= 0.6 is 11.6 Å². The number of hydrogen-bond acceptors (Lipinski definition) is 3. The van der Waals surface area contributed by atoms with Crippen LogP contribution in [0.15, 0.2) is 54.6 Å². The van der Waals surface area contributed by atoms with E-state index in [-0.39, 0.29) is 5.91 Å². The van der Waals surface area contributed by atoms with E-state index in [9.17, 15) is 4.79 Å². The van der Waals surface area contributed by atoms with Crippen LogP contribution < -0.4 is 11.1 Å². The van der Waals surface area contributed by atoms with Gasteiger partial charge in [-0.15, -0.1) is 0 Å². The van der Waals surface area contributed by atoms with Crippen LogP contribution in [-0.4, -0.2) is 15.7 Å². The minimum atomic E-state index is -0.276. The van der Waals surface area contributed by atoms with E-state index in [2.05, 4.69) is 10.4 Å². The molecule has 0 unspecified atom stereocenters. The summed E-state index contributed by atoms with van der Waals surface area (Å²) in [5.41, 5.74) is 8.48. The molecule has 0 aliphatic carbocycles. The topological polar surface area (TPSA) is 72.9 Å². The zero-order valence-corrected chi connectivity index (χ0v) is 13.2. The Morgan fingerprint density at radius 1 is 1.17 bits per heavy atom. The number of benzene rings is 2. The fraction of sp³-hybridized carbons (Fsp3) is 0.0588. The molecule has 2 aromatic carbocycles. The zero-order chi connectivity index (χ0) is 16.4. The summed E-state index contributed by atoms with van der Waals surface area (Å²) < 4.78 is 1.61. The lowest BCUT2D eigenvalue weighted by molar-refractivity contribution is 0.102. The molecule has 0 fully saturated rings. The number of carbonyl (C=O) groups excluding carboxylic acids is 1. The van der Waals surface area contributed by atoms with Crippen LogP contribution in [-0.2, 0) is 7.05 Å². The van der Waals surface area contributed by atoms with E-state index < -0.39 is 0 Å². The molecule has 0 spiro atoms. The Kier molecular flexibility index (Phi) is 4.04. The maximum absolute atomic E-state index is 12.3. The van der Waals surface area contributed by atoms with Crippen molar-refractivity contribution in [2.24, 2.45) is 7.05 Å². The van der Waals surface area contributed by atoms with Crippen molar-refractivity contribution in [1.29, 1.82) is 0 Å². The minimum absolute atomic E-state index is 0.276. The maximum atomic E-state index is 12.3. The molecule has 5 nitrogen and oxygen atoms in total. The lowest BCUT2D eigenvalue weighted by Gasteiger charge is -2.06. The number of rotatable bonds is 3. The molecule has 0 saturated heterocycles. The van der Waals surface area contributed by atoms with Crippen molar-refractivity contribution in [3.63, 3.8) is 0 Å². The molecule has 1 aromatic heterocycles. The number of aryl methyl sites for hydroxylation is 1. The van der Waals surface area contributed by atoms with Crippen molar-refractivity contribution in [3.05, 3.63) is 65.2 Å². The highest BCUT2D eigenvalue weighted by molar-refractivity contribution is 6.34. The predicted octanol–water partition coefficient (Wildman–Crippen LogP) is 3.58. The molecule has 3 rings (SSSR count). The first-order chi connectivity index (χ1) is 11.0. The summed E-state index contributed by atoms with van der Waals surface area (Å²) in [6.07, 6.45) is 0. The van der Waals surface area contributed by atoms with Crippen molar-refractivity contribution in [2.45, 2.75) is 0 Å². The number of nitrogen functional groups attached to an aromatic ring is 1. The zero-order valence-electron chi connectivity index (χ0n) is 12.5. The number of hydrogen-bond donors (Lipinski definition) is 2. The molecule has 0 atom stereocenters. The molecule has 0 bridgehead atoms. The number of nitrogens with two attached hydrogens (primary N) is 1. The fourth-order valence-corrected chi connectivity index (χ4v) is 2.43. The summed E-state index contributed by atoms with van der Waals surface area (Å²) in [5.74, 6) is 0.309. The van der Waals surface area contributed by atoms with E-state index >= 15 is 0 Å².